The number of rotatable bonds is 3. The van der Waals surface area contributed by atoms with E-state index in [0.29, 0.717) is 18.8 Å². The Morgan fingerprint density at radius 2 is 2.15 bits per heavy atom. The molecule has 0 spiro atoms. The third-order valence-electron chi connectivity index (χ3n) is 4.17. The summed E-state index contributed by atoms with van der Waals surface area (Å²) in [5.41, 5.74) is 0.453. The first-order valence-electron chi connectivity index (χ1n) is 7.08. The van der Waals surface area contributed by atoms with Crippen molar-refractivity contribution in [3.05, 3.63) is 17.7 Å². The van der Waals surface area contributed by atoms with Crippen molar-refractivity contribution in [3.63, 3.8) is 0 Å². The van der Waals surface area contributed by atoms with Gasteiger partial charge in [-0.1, -0.05) is 6.92 Å². The van der Waals surface area contributed by atoms with E-state index >= 15 is 0 Å². The van der Waals surface area contributed by atoms with Crippen LogP contribution in [0.5, 0.6) is 0 Å². The maximum atomic E-state index is 12.3. The van der Waals surface area contributed by atoms with Crippen LogP contribution in [0, 0.1) is 0 Å². The minimum Gasteiger partial charge on any atom is -0.335 e. The molecule has 1 fully saturated rings. The molecule has 1 aromatic rings. The third-order valence-corrected chi connectivity index (χ3v) is 6.29. The van der Waals surface area contributed by atoms with E-state index in [2.05, 4.69) is 4.98 Å². The highest BCUT2D eigenvalue weighted by atomic mass is 32.2. The molecule has 1 amide bonds. The van der Waals surface area contributed by atoms with Crippen LogP contribution in [0.1, 0.15) is 36.1 Å². The standard InChI is InChI=1S/C13H19N3O3S/c1-2-20(18,19)10-7-16(8-10)13(17)11-9-15-6-4-3-5-12(15)14-11/h9-10H,2-8H2,1H3. The highest BCUT2D eigenvalue weighted by molar-refractivity contribution is 7.92. The van der Waals surface area contributed by atoms with E-state index in [4.69, 9.17) is 0 Å². The topological polar surface area (TPSA) is 72.3 Å². The number of nitrogens with zero attached hydrogens (tertiary/aromatic N) is 3. The Morgan fingerprint density at radius 3 is 2.80 bits per heavy atom. The summed E-state index contributed by atoms with van der Waals surface area (Å²) in [5, 5.41) is -0.395. The van der Waals surface area contributed by atoms with Crippen molar-refractivity contribution in [1.82, 2.24) is 14.5 Å². The van der Waals surface area contributed by atoms with E-state index in [-0.39, 0.29) is 11.7 Å². The lowest BCUT2D eigenvalue weighted by Gasteiger charge is -2.38. The van der Waals surface area contributed by atoms with Crippen molar-refractivity contribution >= 4 is 15.7 Å². The van der Waals surface area contributed by atoms with Crippen LogP contribution in [0.25, 0.3) is 0 Å². The minimum atomic E-state index is -3.03. The molecule has 2 aliphatic rings. The first-order valence-corrected chi connectivity index (χ1v) is 8.79. The fourth-order valence-corrected chi connectivity index (χ4v) is 4.03. The van der Waals surface area contributed by atoms with Gasteiger partial charge in [0, 0.05) is 38.0 Å². The van der Waals surface area contributed by atoms with Gasteiger partial charge in [-0.2, -0.15) is 0 Å². The fraction of sp³-hybridized carbons (Fsp3) is 0.692. The molecule has 2 aliphatic heterocycles. The van der Waals surface area contributed by atoms with Gasteiger partial charge in [0.1, 0.15) is 11.5 Å². The summed E-state index contributed by atoms with van der Waals surface area (Å²) < 4.78 is 25.4. The van der Waals surface area contributed by atoms with Gasteiger partial charge in [0.25, 0.3) is 5.91 Å². The Morgan fingerprint density at radius 1 is 1.40 bits per heavy atom. The van der Waals surface area contributed by atoms with Crippen molar-refractivity contribution in [3.8, 4) is 0 Å². The van der Waals surface area contributed by atoms with Crippen LogP contribution in [0.4, 0.5) is 0 Å². The summed E-state index contributed by atoms with van der Waals surface area (Å²) in [5.74, 6) is 0.964. The number of imidazole rings is 1. The maximum Gasteiger partial charge on any atom is 0.274 e. The molecule has 0 aromatic carbocycles. The van der Waals surface area contributed by atoms with Crippen LogP contribution in [0.2, 0.25) is 0 Å². The number of fused-ring (bicyclic) bond motifs is 1. The molecule has 0 radical (unpaired) electrons. The lowest BCUT2D eigenvalue weighted by Crippen LogP contribution is -2.57. The number of sulfone groups is 1. The summed E-state index contributed by atoms with van der Waals surface area (Å²) in [6.45, 7) is 3.17. The van der Waals surface area contributed by atoms with Crippen molar-refractivity contribution in [1.29, 1.82) is 0 Å². The molecule has 0 saturated carbocycles. The maximum absolute atomic E-state index is 12.3. The number of hydrogen-bond acceptors (Lipinski definition) is 4. The average Bonchev–Trinajstić information content (AvgIpc) is 2.80. The molecule has 7 heteroatoms. The Balaban J connectivity index is 1.68. The smallest absolute Gasteiger partial charge is 0.274 e. The van der Waals surface area contributed by atoms with Crippen molar-refractivity contribution in [2.75, 3.05) is 18.8 Å². The van der Waals surface area contributed by atoms with E-state index in [9.17, 15) is 13.2 Å². The summed E-state index contributed by atoms with van der Waals surface area (Å²) in [6, 6.07) is 0. The van der Waals surface area contributed by atoms with Crippen LogP contribution < -0.4 is 0 Å². The predicted octanol–water partition coefficient (Wildman–Crippen LogP) is 0.478. The van der Waals surface area contributed by atoms with E-state index in [1.54, 1.807) is 18.0 Å². The zero-order valence-corrected chi connectivity index (χ0v) is 12.4. The Hall–Kier alpha value is -1.37. The first kappa shape index (κ1) is 13.6. The molecule has 1 saturated heterocycles. The van der Waals surface area contributed by atoms with Crippen LogP contribution in [0.15, 0.2) is 6.20 Å². The summed E-state index contributed by atoms with van der Waals surface area (Å²) >= 11 is 0. The zero-order valence-electron chi connectivity index (χ0n) is 11.6. The van der Waals surface area contributed by atoms with Crippen molar-refractivity contribution in [2.45, 2.75) is 38.0 Å². The molecule has 0 bridgehead atoms. The first-order chi connectivity index (χ1) is 9.51. The largest absolute Gasteiger partial charge is 0.335 e. The van der Waals surface area contributed by atoms with E-state index < -0.39 is 15.1 Å². The molecule has 20 heavy (non-hydrogen) atoms. The summed E-state index contributed by atoms with van der Waals surface area (Å²) in [4.78, 5) is 18.2. The molecule has 6 nitrogen and oxygen atoms in total. The van der Waals surface area contributed by atoms with Gasteiger partial charge in [0.15, 0.2) is 9.84 Å². The predicted molar refractivity (Wildman–Crippen MR) is 74.3 cm³/mol. The molecule has 3 heterocycles. The molecule has 0 aliphatic carbocycles. The Labute approximate surface area is 118 Å². The molecule has 0 atom stereocenters. The van der Waals surface area contributed by atoms with Gasteiger partial charge in [0.2, 0.25) is 0 Å². The highest BCUT2D eigenvalue weighted by Gasteiger charge is 2.39. The molecule has 110 valence electrons. The Bertz CT molecular complexity index is 606. The lowest BCUT2D eigenvalue weighted by molar-refractivity contribution is 0.0653. The van der Waals surface area contributed by atoms with E-state index in [1.807, 2.05) is 4.57 Å². The van der Waals surface area contributed by atoms with Gasteiger partial charge in [-0.25, -0.2) is 13.4 Å². The number of aryl methyl sites for hydroxylation is 2. The van der Waals surface area contributed by atoms with E-state index in [1.165, 1.54) is 0 Å². The number of hydrogen-bond donors (Lipinski definition) is 0. The highest BCUT2D eigenvalue weighted by Crippen LogP contribution is 2.21. The number of aromatic nitrogens is 2. The van der Waals surface area contributed by atoms with Crippen molar-refractivity contribution in [2.24, 2.45) is 0 Å². The Kier molecular flexibility index (Phi) is 3.32. The number of carbonyl (C=O) groups excluding carboxylic acids is 1. The van der Waals surface area contributed by atoms with Gasteiger partial charge >= 0.3 is 0 Å². The second-order valence-corrected chi connectivity index (χ2v) is 8.05. The van der Waals surface area contributed by atoms with Crippen LogP contribution in [-0.4, -0.2) is 52.9 Å². The monoisotopic (exact) mass is 297 g/mol. The zero-order chi connectivity index (χ0) is 14.3. The molecule has 0 unspecified atom stereocenters. The summed E-state index contributed by atoms with van der Waals surface area (Å²) in [6.07, 6.45) is 4.96. The van der Waals surface area contributed by atoms with Gasteiger partial charge in [0.05, 0.1) is 5.25 Å². The second-order valence-electron chi connectivity index (χ2n) is 5.48. The molecular weight excluding hydrogens is 278 g/mol. The quantitative estimate of drug-likeness (QED) is 0.813. The normalized spacial score (nSPS) is 19.6. The van der Waals surface area contributed by atoms with Crippen LogP contribution in [0.3, 0.4) is 0 Å². The second kappa shape index (κ2) is 4.87. The molecular formula is C13H19N3O3S. The molecule has 0 N–H and O–H groups in total. The van der Waals surface area contributed by atoms with Crippen molar-refractivity contribution < 1.29 is 13.2 Å². The minimum absolute atomic E-state index is 0.137. The van der Waals surface area contributed by atoms with Gasteiger partial charge in [-0.3, -0.25) is 4.79 Å². The fourth-order valence-electron chi connectivity index (χ4n) is 2.74. The van der Waals surface area contributed by atoms with Crippen LogP contribution in [-0.2, 0) is 22.8 Å². The third kappa shape index (κ3) is 2.24. The lowest BCUT2D eigenvalue weighted by atomic mass is 10.2. The number of amides is 1. The average molecular weight is 297 g/mol. The van der Waals surface area contributed by atoms with Crippen LogP contribution >= 0.6 is 0 Å². The number of likely N-dealkylation sites (tertiary alicyclic amines) is 1. The molecule has 1 aromatic heterocycles. The van der Waals surface area contributed by atoms with E-state index in [0.717, 1.165) is 31.6 Å². The summed E-state index contributed by atoms with van der Waals surface area (Å²) in [7, 11) is -3.03. The van der Waals surface area contributed by atoms with Gasteiger partial charge < -0.3 is 9.47 Å². The molecule has 3 rings (SSSR count). The van der Waals surface area contributed by atoms with Gasteiger partial charge in [-0.15, -0.1) is 0 Å². The number of carbonyl (C=O) groups is 1. The van der Waals surface area contributed by atoms with Gasteiger partial charge in [-0.05, 0) is 12.8 Å². The SMILES string of the molecule is CCS(=O)(=O)C1CN(C(=O)c2cn3c(n2)CCCC3)C1.